The third kappa shape index (κ3) is 1.16. The van der Waals surface area contributed by atoms with E-state index in [1.54, 1.807) is 0 Å². The summed E-state index contributed by atoms with van der Waals surface area (Å²) in [5.74, 6) is 0.538. The molecule has 0 amide bonds. The molecule has 0 radical (unpaired) electrons. The van der Waals surface area contributed by atoms with Gasteiger partial charge in [0.25, 0.3) is 11.8 Å². The van der Waals surface area contributed by atoms with E-state index < -0.39 is 0 Å². The van der Waals surface area contributed by atoms with Crippen LogP contribution in [0, 0.1) is 0 Å². The van der Waals surface area contributed by atoms with E-state index in [0.29, 0.717) is 11.8 Å². The van der Waals surface area contributed by atoms with E-state index in [4.69, 9.17) is 9.47 Å². The SMILES string of the molecule is O=C1COc2nsnc2OC1. The van der Waals surface area contributed by atoms with E-state index in [2.05, 4.69) is 8.75 Å². The number of carbonyl (C=O) groups is 1. The van der Waals surface area contributed by atoms with Crippen LogP contribution in [0.4, 0.5) is 0 Å². The van der Waals surface area contributed by atoms with Crippen molar-refractivity contribution in [3.8, 4) is 11.8 Å². The van der Waals surface area contributed by atoms with Crippen molar-refractivity contribution in [1.29, 1.82) is 0 Å². The second kappa shape index (κ2) is 2.46. The van der Waals surface area contributed by atoms with Gasteiger partial charge in [0.2, 0.25) is 5.78 Å². The van der Waals surface area contributed by atoms with Gasteiger partial charge in [-0.05, 0) is 0 Å². The molecular formula is C5H4N2O3S. The lowest BCUT2D eigenvalue weighted by molar-refractivity contribution is -0.122. The van der Waals surface area contributed by atoms with Crippen LogP contribution in [0.1, 0.15) is 0 Å². The summed E-state index contributed by atoms with van der Waals surface area (Å²) in [7, 11) is 0. The Morgan fingerprint density at radius 3 is 2.27 bits per heavy atom. The molecule has 0 aromatic carbocycles. The standard InChI is InChI=1S/C5H4N2O3S/c8-3-1-9-4-5(10-2-3)7-11-6-4/h1-2H2. The summed E-state index contributed by atoms with van der Waals surface area (Å²) >= 11 is 1.00. The Bertz CT molecular complexity index is 261. The van der Waals surface area contributed by atoms with Crippen LogP contribution in [0.3, 0.4) is 0 Å². The summed E-state index contributed by atoms with van der Waals surface area (Å²) in [4.78, 5) is 10.7. The molecule has 2 heterocycles. The Hall–Kier alpha value is -1.17. The van der Waals surface area contributed by atoms with Crippen molar-refractivity contribution in [2.45, 2.75) is 0 Å². The molecule has 2 rings (SSSR count). The van der Waals surface area contributed by atoms with Gasteiger partial charge in [0.05, 0.1) is 11.7 Å². The molecule has 0 N–H and O–H groups in total. The minimum absolute atomic E-state index is 0.0262. The van der Waals surface area contributed by atoms with Crippen molar-refractivity contribution in [2.24, 2.45) is 0 Å². The Morgan fingerprint density at radius 1 is 1.18 bits per heavy atom. The zero-order valence-corrected chi connectivity index (χ0v) is 6.26. The summed E-state index contributed by atoms with van der Waals surface area (Å²) in [6, 6.07) is 0. The highest BCUT2D eigenvalue weighted by molar-refractivity contribution is 6.99. The van der Waals surface area contributed by atoms with Gasteiger partial charge in [-0.15, -0.1) is 8.75 Å². The first kappa shape index (κ1) is 6.53. The first-order valence-corrected chi connectivity index (χ1v) is 3.69. The normalized spacial score (nSPS) is 16.2. The Balaban J connectivity index is 2.27. The van der Waals surface area contributed by atoms with Crippen molar-refractivity contribution in [3.63, 3.8) is 0 Å². The molecule has 0 fully saturated rings. The largest absolute Gasteiger partial charge is 0.465 e. The highest BCUT2D eigenvalue weighted by atomic mass is 32.1. The van der Waals surface area contributed by atoms with Crippen LogP contribution >= 0.6 is 11.7 Å². The predicted octanol–water partition coefficient (Wildman–Crippen LogP) is -0.122. The van der Waals surface area contributed by atoms with Crippen molar-refractivity contribution in [2.75, 3.05) is 13.2 Å². The molecule has 6 heteroatoms. The van der Waals surface area contributed by atoms with Gasteiger partial charge in [-0.3, -0.25) is 4.79 Å². The van der Waals surface area contributed by atoms with Gasteiger partial charge >= 0.3 is 0 Å². The summed E-state index contributed by atoms with van der Waals surface area (Å²) in [5, 5.41) is 0. The number of ketones is 1. The fourth-order valence-electron chi connectivity index (χ4n) is 0.688. The van der Waals surface area contributed by atoms with Crippen LogP contribution < -0.4 is 9.47 Å². The number of ether oxygens (including phenoxy) is 2. The maximum atomic E-state index is 10.7. The second-order valence-corrected chi connectivity index (χ2v) is 2.52. The number of hydrogen-bond donors (Lipinski definition) is 0. The molecular weight excluding hydrogens is 168 g/mol. The topological polar surface area (TPSA) is 61.3 Å². The molecule has 0 unspecified atom stereocenters. The molecule has 58 valence electrons. The number of Topliss-reactive ketones (excluding diaryl/α,β-unsaturated/α-hetero) is 1. The van der Waals surface area contributed by atoms with Crippen molar-refractivity contribution in [1.82, 2.24) is 8.75 Å². The average molecular weight is 172 g/mol. The van der Waals surface area contributed by atoms with Crippen LogP contribution in [0.2, 0.25) is 0 Å². The van der Waals surface area contributed by atoms with Crippen molar-refractivity contribution >= 4 is 17.5 Å². The minimum Gasteiger partial charge on any atom is -0.465 e. The van der Waals surface area contributed by atoms with Gasteiger partial charge in [0.1, 0.15) is 0 Å². The van der Waals surface area contributed by atoms with Crippen molar-refractivity contribution < 1.29 is 14.3 Å². The van der Waals surface area contributed by atoms with E-state index in [0.717, 1.165) is 11.7 Å². The summed E-state index contributed by atoms with van der Waals surface area (Å²) < 4.78 is 17.5. The average Bonchev–Trinajstić information content (AvgIpc) is 2.38. The van der Waals surface area contributed by atoms with Crippen LogP contribution in [0.15, 0.2) is 0 Å². The molecule has 1 aliphatic heterocycles. The molecule has 1 aromatic rings. The number of hydrogen-bond acceptors (Lipinski definition) is 6. The number of nitrogens with zero attached hydrogens (tertiary/aromatic N) is 2. The predicted molar refractivity (Wildman–Crippen MR) is 35.9 cm³/mol. The molecule has 11 heavy (non-hydrogen) atoms. The van der Waals surface area contributed by atoms with Gasteiger partial charge in [0.15, 0.2) is 13.2 Å². The molecule has 0 atom stereocenters. The number of rotatable bonds is 0. The first-order chi connectivity index (χ1) is 5.36. The molecule has 0 aliphatic carbocycles. The third-order valence-electron chi connectivity index (χ3n) is 1.17. The Morgan fingerprint density at radius 2 is 1.73 bits per heavy atom. The fraction of sp³-hybridized carbons (Fsp3) is 0.400. The molecule has 1 aromatic heterocycles. The molecule has 1 aliphatic rings. The molecule has 5 nitrogen and oxygen atoms in total. The van der Waals surface area contributed by atoms with E-state index in [1.807, 2.05) is 0 Å². The van der Waals surface area contributed by atoms with E-state index in [9.17, 15) is 4.79 Å². The monoisotopic (exact) mass is 172 g/mol. The lowest BCUT2D eigenvalue weighted by atomic mass is 10.5. The maximum absolute atomic E-state index is 10.7. The number of carbonyl (C=O) groups excluding carboxylic acids is 1. The molecule has 0 saturated carbocycles. The van der Waals surface area contributed by atoms with Gasteiger partial charge in [-0.25, -0.2) is 0 Å². The highest BCUT2D eigenvalue weighted by Crippen LogP contribution is 2.24. The Kier molecular flexibility index (Phi) is 1.46. The number of aromatic nitrogens is 2. The second-order valence-electron chi connectivity index (χ2n) is 1.99. The van der Waals surface area contributed by atoms with Crippen LogP contribution in [-0.2, 0) is 4.79 Å². The van der Waals surface area contributed by atoms with E-state index >= 15 is 0 Å². The summed E-state index contributed by atoms with van der Waals surface area (Å²) in [5.41, 5.74) is 0. The van der Waals surface area contributed by atoms with Gasteiger partial charge in [0, 0.05) is 0 Å². The van der Waals surface area contributed by atoms with Crippen LogP contribution in [0.5, 0.6) is 11.8 Å². The zero-order valence-electron chi connectivity index (χ0n) is 5.44. The fourth-order valence-corrected chi connectivity index (χ4v) is 1.14. The summed E-state index contributed by atoms with van der Waals surface area (Å²) in [6.07, 6.45) is 0. The lowest BCUT2D eigenvalue weighted by Crippen LogP contribution is -2.15. The highest BCUT2D eigenvalue weighted by Gasteiger charge is 2.18. The lowest BCUT2D eigenvalue weighted by Gasteiger charge is -1.92. The first-order valence-electron chi connectivity index (χ1n) is 2.96. The smallest absolute Gasteiger partial charge is 0.291 e. The maximum Gasteiger partial charge on any atom is 0.291 e. The molecule has 0 saturated heterocycles. The van der Waals surface area contributed by atoms with E-state index in [1.165, 1.54) is 0 Å². The third-order valence-corrected chi connectivity index (χ3v) is 1.67. The summed E-state index contributed by atoms with van der Waals surface area (Å²) in [6.45, 7) is 0.0524. The molecule has 0 bridgehead atoms. The number of fused-ring (bicyclic) bond motifs is 1. The quantitative estimate of drug-likeness (QED) is 0.546. The van der Waals surface area contributed by atoms with Crippen LogP contribution in [-0.4, -0.2) is 27.7 Å². The van der Waals surface area contributed by atoms with Crippen molar-refractivity contribution in [3.05, 3.63) is 0 Å². The van der Waals surface area contributed by atoms with E-state index in [-0.39, 0.29) is 19.0 Å². The minimum atomic E-state index is -0.102. The zero-order chi connectivity index (χ0) is 7.68. The Labute approximate surface area is 66.3 Å². The van der Waals surface area contributed by atoms with Crippen LogP contribution in [0.25, 0.3) is 0 Å². The van der Waals surface area contributed by atoms with Gasteiger partial charge < -0.3 is 9.47 Å². The van der Waals surface area contributed by atoms with Gasteiger partial charge in [-0.2, -0.15) is 0 Å². The van der Waals surface area contributed by atoms with Gasteiger partial charge in [-0.1, -0.05) is 0 Å². The molecule has 0 spiro atoms.